The van der Waals surface area contributed by atoms with Gasteiger partial charge >= 0.3 is 107 Å². The zero-order valence-corrected chi connectivity index (χ0v) is 19.6. The van der Waals surface area contributed by atoms with Gasteiger partial charge < -0.3 is 36.7 Å². The van der Waals surface area contributed by atoms with Gasteiger partial charge in [0.1, 0.15) is 0 Å². The Bertz CT molecular complexity index is 260. The van der Waals surface area contributed by atoms with Crippen molar-refractivity contribution in [2.24, 2.45) is 0 Å². The summed E-state index contributed by atoms with van der Waals surface area (Å²) < 4.78 is 0. The van der Waals surface area contributed by atoms with E-state index in [2.05, 4.69) is 0 Å². The van der Waals surface area contributed by atoms with Crippen LogP contribution >= 0.6 is 0 Å². The molecule has 0 aliphatic heterocycles. The number of carboxylic acid groups (broad SMARTS) is 4. The number of carbonyl (C=O) groups is 4. The summed E-state index contributed by atoms with van der Waals surface area (Å²) in [5, 5.41) is 33.2. The van der Waals surface area contributed by atoms with Gasteiger partial charge in [-0.15, -0.1) is 0 Å². The van der Waals surface area contributed by atoms with Crippen LogP contribution in [-0.4, -0.2) is 52.3 Å². The van der Waals surface area contributed by atoms with E-state index >= 15 is 0 Å². The molecule has 0 heterocycles. The Morgan fingerprint density at radius 2 is 0.870 bits per heavy atom. The van der Waals surface area contributed by atoms with Gasteiger partial charge in [-0.2, -0.15) is 13.1 Å². The third kappa shape index (κ3) is 70.8. The Hall–Kier alpha value is 0.800. The summed E-state index contributed by atoms with van der Waals surface area (Å²) in [6, 6.07) is 0. The molecule has 23 heavy (non-hydrogen) atoms. The van der Waals surface area contributed by atoms with Crippen LogP contribution in [0.15, 0.2) is 0 Å². The van der Waals surface area contributed by atoms with Gasteiger partial charge in [0.05, 0.1) is 19.3 Å². The number of carboxylic acids is 4. The molecule has 0 atom stereocenters. The maximum Gasteiger partial charge on any atom is 1.00 e. The van der Waals surface area contributed by atoms with E-state index in [1.807, 2.05) is 0 Å². The molecule has 0 rings (SSSR count). The van der Waals surface area contributed by atoms with E-state index in [0.29, 0.717) is 0 Å². The van der Waals surface area contributed by atoms with Crippen LogP contribution in [0, 0.1) is 0 Å². The molecule has 13 heteroatoms. The average molecular weight is 362 g/mol. The van der Waals surface area contributed by atoms with E-state index in [-0.39, 0.29) is 121 Å². The van der Waals surface area contributed by atoms with Crippen molar-refractivity contribution in [3.8, 4) is 0 Å². The standard InChI is InChI=1S/2C4H6O4.C2H6N2.3Na/c2*5-3(6)1-2-4(7)8;3-1-2-4;;;/h2*1-2H2,(H,5,6)(H,7,8);3-4H,1-2H2;;;/q;;-2;3*+1/p-1. The van der Waals surface area contributed by atoms with Crippen molar-refractivity contribution in [1.29, 1.82) is 0 Å². The molecular weight excluding hydrogens is 345 g/mol. The van der Waals surface area contributed by atoms with Gasteiger partial charge in [0.2, 0.25) is 0 Å². The maximum absolute atomic E-state index is 9.64. The van der Waals surface area contributed by atoms with Crippen molar-refractivity contribution in [2.45, 2.75) is 25.7 Å². The fourth-order valence-corrected chi connectivity index (χ4v) is 0.423. The zero-order valence-electron chi connectivity index (χ0n) is 13.6. The number of carbonyl (C=O) groups excluding carboxylic acids is 1. The second-order valence-corrected chi connectivity index (χ2v) is 3.05. The zero-order chi connectivity index (χ0) is 16.6. The minimum atomic E-state index is -1.33. The van der Waals surface area contributed by atoms with E-state index in [1.165, 1.54) is 0 Å². The Kier molecular flexibility index (Phi) is 52.0. The van der Waals surface area contributed by atoms with Gasteiger partial charge in [0.25, 0.3) is 0 Å². The van der Waals surface area contributed by atoms with Crippen LogP contribution < -0.4 is 93.8 Å². The van der Waals surface area contributed by atoms with Crippen molar-refractivity contribution in [3.63, 3.8) is 0 Å². The summed E-state index contributed by atoms with van der Waals surface area (Å²) in [5.74, 6) is -4.60. The number of hydrogen-bond donors (Lipinski definition) is 3. The van der Waals surface area contributed by atoms with Crippen LogP contribution in [-0.2, 0) is 19.2 Å². The predicted octanol–water partition coefficient (Wildman–Crippen LogP) is -9.36. The van der Waals surface area contributed by atoms with Gasteiger partial charge in [0.15, 0.2) is 0 Å². The Morgan fingerprint density at radius 3 is 0.957 bits per heavy atom. The van der Waals surface area contributed by atoms with Gasteiger partial charge in [-0.1, -0.05) is 0 Å². The first-order valence-corrected chi connectivity index (χ1v) is 5.31. The Balaban J connectivity index is -0.0000000464. The number of rotatable bonds is 7. The first-order valence-electron chi connectivity index (χ1n) is 5.31. The SMILES string of the molecule is O=C(O)CCC(=O)O.O=C([O-])CCC(=O)O.[NH-]CC[NH-].[Na+].[Na+].[Na+]. The number of nitrogens with one attached hydrogen (secondary N) is 2. The first-order chi connectivity index (χ1) is 9.17. The van der Waals surface area contributed by atoms with Crippen LogP contribution in [0.2, 0.25) is 0 Å². The van der Waals surface area contributed by atoms with Crippen molar-refractivity contribution < 1.29 is 128 Å². The summed E-state index contributed by atoms with van der Waals surface area (Å²) in [6.07, 6.45) is -1.36. The minimum Gasteiger partial charge on any atom is -0.679 e. The van der Waals surface area contributed by atoms with Gasteiger partial charge in [0, 0.05) is 5.97 Å². The second kappa shape index (κ2) is 30.7. The molecule has 0 unspecified atom stereocenters. The second-order valence-electron chi connectivity index (χ2n) is 3.05. The number of aliphatic carboxylic acids is 4. The smallest absolute Gasteiger partial charge is 0.679 e. The molecule has 0 aliphatic rings. The third-order valence-electron chi connectivity index (χ3n) is 1.22. The topological polar surface area (TPSA) is 200 Å². The molecule has 0 saturated carbocycles. The molecule has 0 aromatic carbocycles. The van der Waals surface area contributed by atoms with Gasteiger partial charge in [-0.3, -0.25) is 14.4 Å². The molecule has 10 nitrogen and oxygen atoms in total. The monoisotopic (exact) mass is 362 g/mol. The molecule has 0 aromatic rings. The summed E-state index contributed by atoms with van der Waals surface area (Å²) in [7, 11) is 0. The fourth-order valence-electron chi connectivity index (χ4n) is 0.423. The summed E-state index contributed by atoms with van der Waals surface area (Å²) in [4.78, 5) is 38.4. The molecule has 5 N–H and O–H groups in total. The molecule has 0 radical (unpaired) electrons. The molecular formula is C10H17N2Na3O8. The van der Waals surface area contributed by atoms with Gasteiger partial charge in [-0.25, -0.2) is 0 Å². The average Bonchev–Trinajstić information content (AvgIpc) is 2.35. The van der Waals surface area contributed by atoms with Crippen LogP contribution in [0.25, 0.3) is 11.5 Å². The third-order valence-corrected chi connectivity index (χ3v) is 1.22. The largest absolute Gasteiger partial charge is 1.00 e. The normalized spacial score (nSPS) is 7.22. The van der Waals surface area contributed by atoms with Crippen molar-refractivity contribution >= 4 is 23.9 Å². The van der Waals surface area contributed by atoms with Crippen LogP contribution in [0.4, 0.5) is 0 Å². The van der Waals surface area contributed by atoms with Crippen molar-refractivity contribution in [2.75, 3.05) is 13.1 Å². The van der Waals surface area contributed by atoms with E-state index in [4.69, 9.17) is 26.8 Å². The maximum atomic E-state index is 9.64. The molecule has 0 spiro atoms. The van der Waals surface area contributed by atoms with Crippen LogP contribution in [0.5, 0.6) is 0 Å². The first kappa shape index (κ1) is 39.0. The molecule has 0 fully saturated rings. The van der Waals surface area contributed by atoms with E-state index in [0.717, 1.165) is 0 Å². The molecule has 0 aromatic heterocycles. The molecule has 0 amide bonds. The van der Waals surface area contributed by atoms with Crippen LogP contribution in [0.1, 0.15) is 25.7 Å². The summed E-state index contributed by atoms with van der Waals surface area (Å²) in [6.45, 7) is 0.472. The fraction of sp³-hybridized carbons (Fsp3) is 0.600. The predicted molar refractivity (Wildman–Crippen MR) is 64.8 cm³/mol. The van der Waals surface area contributed by atoms with Crippen molar-refractivity contribution in [1.82, 2.24) is 0 Å². The number of hydrogen-bond acceptors (Lipinski definition) is 5. The summed E-state index contributed by atoms with van der Waals surface area (Å²) >= 11 is 0. The molecule has 0 bridgehead atoms. The molecule has 0 aliphatic carbocycles. The Morgan fingerprint density at radius 1 is 0.652 bits per heavy atom. The van der Waals surface area contributed by atoms with Crippen LogP contribution in [0.3, 0.4) is 0 Å². The van der Waals surface area contributed by atoms with E-state index < -0.39 is 30.3 Å². The minimum absolute atomic E-state index is 0. The van der Waals surface area contributed by atoms with E-state index in [1.54, 1.807) is 0 Å². The molecule has 118 valence electrons. The quantitative estimate of drug-likeness (QED) is 0.370. The van der Waals surface area contributed by atoms with Gasteiger partial charge in [-0.05, 0) is 6.42 Å². The van der Waals surface area contributed by atoms with Crippen molar-refractivity contribution in [3.05, 3.63) is 11.5 Å². The Labute approximate surface area is 200 Å². The van der Waals surface area contributed by atoms with E-state index in [9.17, 15) is 24.3 Å². The summed E-state index contributed by atoms with van der Waals surface area (Å²) in [5.41, 5.74) is 12.5. The molecule has 0 saturated heterocycles.